The van der Waals surface area contributed by atoms with E-state index in [0.717, 1.165) is 5.56 Å². The summed E-state index contributed by atoms with van der Waals surface area (Å²) in [6, 6.07) is 11.7. The van der Waals surface area contributed by atoms with E-state index in [1.807, 2.05) is 0 Å². The average Bonchev–Trinajstić information content (AvgIpc) is 2.46. The van der Waals surface area contributed by atoms with Crippen molar-refractivity contribution in [2.45, 2.75) is 13.5 Å². The van der Waals surface area contributed by atoms with Gasteiger partial charge in [-0.3, -0.25) is 4.79 Å². The Balaban J connectivity index is 2.11. The number of rotatable bonds is 5. The van der Waals surface area contributed by atoms with Crippen molar-refractivity contribution in [3.8, 4) is 5.75 Å². The van der Waals surface area contributed by atoms with E-state index in [4.69, 9.17) is 9.84 Å². The van der Waals surface area contributed by atoms with Gasteiger partial charge in [-0.2, -0.15) is 0 Å². The van der Waals surface area contributed by atoms with E-state index >= 15 is 0 Å². The van der Waals surface area contributed by atoms with Gasteiger partial charge in [0.25, 0.3) is 0 Å². The van der Waals surface area contributed by atoms with Gasteiger partial charge in [-0.1, -0.05) is 34.1 Å². The van der Waals surface area contributed by atoms with Crippen LogP contribution in [0, 0.1) is 0 Å². The summed E-state index contributed by atoms with van der Waals surface area (Å²) in [6.45, 7) is 1.78. The van der Waals surface area contributed by atoms with E-state index in [-0.39, 0.29) is 18.0 Å². The van der Waals surface area contributed by atoms with Crippen LogP contribution in [-0.4, -0.2) is 16.9 Å². The van der Waals surface area contributed by atoms with E-state index in [9.17, 15) is 9.59 Å². The molecule has 0 fully saturated rings. The number of ether oxygens (including phenoxy) is 1. The van der Waals surface area contributed by atoms with E-state index in [1.165, 1.54) is 19.1 Å². The summed E-state index contributed by atoms with van der Waals surface area (Å²) in [4.78, 5) is 22.2. The Labute approximate surface area is 130 Å². The topological polar surface area (TPSA) is 63.6 Å². The van der Waals surface area contributed by atoms with Crippen LogP contribution in [0.4, 0.5) is 0 Å². The SMILES string of the molecule is CC(=O)c1cccc(OCc2ccc(C(=O)O)cc2Br)c1. The summed E-state index contributed by atoms with van der Waals surface area (Å²) in [5.41, 5.74) is 1.63. The maximum absolute atomic E-state index is 11.3. The molecule has 0 atom stereocenters. The minimum Gasteiger partial charge on any atom is -0.489 e. The summed E-state index contributed by atoms with van der Waals surface area (Å²) in [5, 5.41) is 8.91. The molecule has 0 bridgehead atoms. The third-order valence-corrected chi connectivity index (χ3v) is 3.67. The predicted molar refractivity (Wildman–Crippen MR) is 81.9 cm³/mol. The third-order valence-electron chi connectivity index (χ3n) is 2.93. The van der Waals surface area contributed by atoms with Gasteiger partial charge < -0.3 is 9.84 Å². The molecule has 0 amide bonds. The fourth-order valence-corrected chi connectivity index (χ4v) is 2.26. The molecule has 0 saturated carbocycles. The Kier molecular flexibility index (Phi) is 4.75. The van der Waals surface area contributed by atoms with Crippen LogP contribution in [0.1, 0.15) is 33.2 Å². The number of hydrogen-bond acceptors (Lipinski definition) is 3. The molecule has 0 aromatic heterocycles. The van der Waals surface area contributed by atoms with Crippen molar-refractivity contribution in [3.05, 3.63) is 63.6 Å². The van der Waals surface area contributed by atoms with Crippen LogP contribution in [0.15, 0.2) is 46.9 Å². The first-order valence-corrected chi connectivity index (χ1v) is 7.02. The standard InChI is InChI=1S/C16H13BrO4/c1-10(18)11-3-2-4-14(7-11)21-9-13-6-5-12(16(19)20)8-15(13)17/h2-8H,9H2,1H3,(H,19,20). The van der Waals surface area contributed by atoms with Gasteiger partial charge in [0.2, 0.25) is 0 Å². The zero-order valence-electron chi connectivity index (χ0n) is 11.3. The molecule has 0 aliphatic carbocycles. The van der Waals surface area contributed by atoms with Gasteiger partial charge in [-0.05, 0) is 31.2 Å². The van der Waals surface area contributed by atoms with Crippen LogP contribution in [0.3, 0.4) is 0 Å². The number of carboxylic acids is 1. The van der Waals surface area contributed by atoms with Crippen molar-refractivity contribution < 1.29 is 19.4 Å². The lowest BCUT2D eigenvalue weighted by molar-refractivity contribution is 0.0696. The molecule has 2 aromatic rings. The number of carbonyl (C=O) groups is 2. The summed E-state index contributed by atoms with van der Waals surface area (Å²) in [7, 11) is 0. The molecule has 0 unspecified atom stereocenters. The van der Waals surface area contributed by atoms with Crippen LogP contribution >= 0.6 is 15.9 Å². The zero-order valence-corrected chi connectivity index (χ0v) is 12.9. The van der Waals surface area contributed by atoms with Crippen molar-refractivity contribution in [1.29, 1.82) is 0 Å². The van der Waals surface area contributed by atoms with Gasteiger partial charge in [-0.25, -0.2) is 4.79 Å². The Morgan fingerprint density at radius 2 is 1.90 bits per heavy atom. The van der Waals surface area contributed by atoms with Crippen molar-refractivity contribution >= 4 is 27.7 Å². The monoisotopic (exact) mass is 348 g/mol. The van der Waals surface area contributed by atoms with E-state index in [0.29, 0.717) is 15.8 Å². The van der Waals surface area contributed by atoms with E-state index < -0.39 is 5.97 Å². The highest BCUT2D eigenvalue weighted by Crippen LogP contribution is 2.21. The number of halogens is 1. The Bertz CT molecular complexity index is 694. The number of benzene rings is 2. The van der Waals surface area contributed by atoms with Crippen LogP contribution in [0.5, 0.6) is 5.75 Å². The first-order valence-electron chi connectivity index (χ1n) is 6.23. The third kappa shape index (κ3) is 3.92. The molecule has 2 rings (SSSR count). The van der Waals surface area contributed by atoms with E-state index in [2.05, 4.69) is 15.9 Å². The van der Waals surface area contributed by atoms with Gasteiger partial charge in [-0.15, -0.1) is 0 Å². The van der Waals surface area contributed by atoms with Gasteiger partial charge in [0.1, 0.15) is 12.4 Å². The van der Waals surface area contributed by atoms with Crippen molar-refractivity contribution in [2.24, 2.45) is 0 Å². The second-order valence-electron chi connectivity index (χ2n) is 4.48. The number of carboxylic acid groups (broad SMARTS) is 1. The molecule has 108 valence electrons. The molecule has 0 aliphatic rings. The fourth-order valence-electron chi connectivity index (χ4n) is 1.76. The lowest BCUT2D eigenvalue weighted by atomic mass is 10.1. The smallest absolute Gasteiger partial charge is 0.335 e. The molecule has 2 aromatic carbocycles. The van der Waals surface area contributed by atoms with Crippen LogP contribution in [0.2, 0.25) is 0 Å². The highest BCUT2D eigenvalue weighted by molar-refractivity contribution is 9.10. The Morgan fingerprint density at radius 1 is 1.14 bits per heavy atom. The second-order valence-corrected chi connectivity index (χ2v) is 5.34. The predicted octanol–water partition coefficient (Wildman–Crippen LogP) is 3.93. The van der Waals surface area contributed by atoms with Crippen molar-refractivity contribution in [3.63, 3.8) is 0 Å². The number of hydrogen-bond donors (Lipinski definition) is 1. The van der Waals surface area contributed by atoms with Gasteiger partial charge >= 0.3 is 5.97 Å². The minimum atomic E-state index is -0.975. The Hall–Kier alpha value is -2.14. The van der Waals surface area contributed by atoms with Gasteiger partial charge in [0.05, 0.1) is 5.56 Å². The van der Waals surface area contributed by atoms with Crippen molar-refractivity contribution in [2.75, 3.05) is 0 Å². The number of Topliss-reactive ketones (excluding diaryl/α,β-unsaturated/α-hetero) is 1. The zero-order chi connectivity index (χ0) is 15.4. The molecule has 0 aliphatic heterocycles. The molecular formula is C16H13BrO4. The molecule has 5 heteroatoms. The number of ketones is 1. The number of carbonyl (C=O) groups excluding carboxylic acids is 1. The van der Waals surface area contributed by atoms with Gasteiger partial charge in [0, 0.05) is 15.6 Å². The summed E-state index contributed by atoms with van der Waals surface area (Å²) in [5.74, 6) is -0.401. The second kappa shape index (κ2) is 6.54. The largest absolute Gasteiger partial charge is 0.489 e. The lowest BCUT2D eigenvalue weighted by Gasteiger charge is -2.09. The molecule has 4 nitrogen and oxygen atoms in total. The lowest BCUT2D eigenvalue weighted by Crippen LogP contribution is -2.01. The molecule has 0 radical (unpaired) electrons. The maximum Gasteiger partial charge on any atom is 0.335 e. The highest BCUT2D eigenvalue weighted by Gasteiger charge is 2.08. The first-order chi connectivity index (χ1) is 9.97. The summed E-state index contributed by atoms with van der Waals surface area (Å²) in [6.07, 6.45) is 0. The molecule has 0 spiro atoms. The molecular weight excluding hydrogens is 336 g/mol. The summed E-state index contributed by atoms with van der Waals surface area (Å²) < 4.78 is 6.31. The molecule has 0 heterocycles. The average molecular weight is 349 g/mol. The van der Waals surface area contributed by atoms with Gasteiger partial charge in [0.15, 0.2) is 5.78 Å². The highest BCUT2D eigenvalue weighted by atomic mass is 79.9. The first kappa shape index (κ1) is 15.3. The maximum atomic E-state index is 11.3. The Morgan fingerprint density at radius 3 is 2.52 bits per heavy atom. The van der Waals surface area contributed by atoms with Crippen molar-refractivity contribution in [1.82, 2.24) is 0 Å². The normalized spacial score (nSPS) is 10.2. The number of aromatic carboxylic acids is 1. The molecule has 0 saturated heterocycles. The van der Waals surface area contributed by atoms with Crippen LogP contribution in [-0.2, 0) is 6.61 Å². The quantitative estimate of drug-likeness (QED) is 0.831. The van der Waals surface area contributed by atoms with E-state index in [1.54, 1.807) is 30.3 Å². The van der Waals surface area contributed by atoms with Crippen LogP contribution in [0.25, 0.3) is 0 Å². The fraction of sp³-hybridized carbons (Fsp3) is 0.125. The minimum absolute atomic E-state index is 0.0209. The summed E-state index contributed by atoms with van der Waals surface area (Å²) >= 11 is 3.33. The van der Waals surface area contributed by atoms with Crippen LogP contribution < -0.4 is 4.74 Å². The molecule has 21 heavy (non-hydrogen) atoms. The molecule has 1 N–H and O–H groups in total.